The quantitative estimate of drug-likeness (QED) is 0.796. The van der Waals surface area contributed by atoms with Gasteiger partial charge in [0.15, 0.2) is 0 Å². The number of thiazole rings is 1. The number of aliphatic hydroxyl groups excluding tert-OH is 1. The lowest BCUT2D eigenvalue weighted by molar-refractivity contribution is 0.172. The van der Waals surface area contributed by atoms with Crippen molar-refractivity contribution >= 4 is 11.3 Å². The lowest BCUT2D eigenvalue weighted by Gasteiger charge is -2.10. The van der Waals surface area contributed by atoms with Crippen LogP contribution in [0.3, 0.4) is 0 Å². The molecule has 0 bridgehead atoms. The second kappa shape index (κ2) is 6.16. The van der Waals surface area contributed by atoms with Crippen LogP contribution in [0.2, 0.25) is 0 Å². The SMILES string of the molecule is Cc1cccnc1C(O)Cc1nc(-c2ccccc2)cs1. The van der Waals surface area contributed by atoms with Gasteiger partial charge in [-0.05, 0) is 18.6 Å². The van der Waals surface area contributed by atoms with Crippen LogP contribution in [0.5, 0.6) is 0 Å². The molecule has 2 aromatic heterocycles. The highest BCUT2D eigenvalue weighted by atomic mass is 32.1. The summed E-state index contributed by atoms with van der Waals surface area (Å²) in [5.41, 5.74) is 3.79. The van der Waals surface area contributed by atoms with E-state index in [1.807, 2.05) is 54.8 Å². The Morgan fingerprint density at radius 3 is 2.71 bits per heavy atom. The first-order chi connectivity index (χ1) is 10.2. The van der Waals surface area contributed by atoms with Crippen LogP contribution in [-0.2, 0) is 6.42 Å². The molecule has 0 spiro atoms. The van der Waals surface area contributed by atoms with Gasteiger partial charge in [-0.2, -0.15) is 0 Å². The standard InChI is InChI=1S/C17H16N2OS/c1-12-6-5-9-18-17(12)15(20)10-16-19-14(11-21-16)13-7-3-2-4-8-13/h2-9,11,15,20H,10H2,1H3. The maximum Gasteiger partial charge on any atom is 0.103 e. The average Bonchev–Trinajstić information content (AvgIpc) is 2.97. The van der Waals surface area contributed by atoms with E-state index in [1.165, 1.54) is 0 Å². The van der Waals surface area contributed by atoms with Crippen LogP contribution in [-0.4, -0.2) is 15.1 Å². The van der Waals surface area contributed by atoms with Crippen LogP contribution in [0.1, 0.15) is 22.4 Å². The summed E-state index contributed by atoms with van der Waals surface area (Å²) in [7, 11) is 0. The molecule has 2 heterocycles. The van der Waals surface area contributed by atoms with Gasteiger partial charge < -0.3 is 5.11 Å². The summed E-state index contributed by atoms with van der Waals surface area (Å²) in [5, 5.41) is 13.3. The van der Waals surface area contributed by atoms with Gasteiger partial charge in [-0.1, -0.05) is 36.4 Å². The fraction of sp³-hybridized carbons (Fsp3) is 0.176. The van der Waals surface area contributed by atoms with Crippen LogP contribution in [0.25, 0.3) is 11.3 Å². The van der Waals surface area contributed by atoms with E-state index in [0.29, 0.717) is 6.42 Å². The van der Waals surface area contributed by atoms with Crippen molar-refractivity contribution in [1.82, 2.24) is 9.97 Å². The summed E-state index contributed by atoms with van der Waals surface area (Å²) < 4.78 is 0. The van der Waals surface area contributed by atoms with E-state index in [0.717, 1.165) is 27.5 Å². The number of hydrogen-bond acceptors (Lipinski definition) is 4. The number of nitrogens with zero attached hydrogens (tertiary/aromatic N) is 2. The largest absolute Gasteiger partial charge is 0.386 e. The van der Waals surface area contributed by atoms with Crippen molar-refractivity contribution in [2.75, 3.05) is 0 Å². The highest BCUT2D eigenvalue weighted by Gasteiger charge is 2.15. The van der Waals surface area contributed by atoms with E-state index in [9.17, 15) is 5.11 Å². The lowest BCUT2D eigenvalue weighted by Crippen LogP contribution is -2.06. The number of rotatable bonds is 4. The normalized spacial score (nSPS) is 12.3. The first kappa shape index (κ1) is 13.9. The van der Waals surface area contributed by atoms with Crippen molar-refractivity contribution in [3.8, 4) is 11.3 Å². The summed E-state index contributed by atoms with van der Waals surface area (Å²) in [6.45, 7) is 1.96. The van der Waals surface area contributed by atoms with E-state index in [-0.39, 0.29) is 0 Å². The molecule has 21 heavy (non-hydrogen) atoms. The van der Waals surface area contributed by atoms with Crippen LogP contribution >= 0.6 is 11.3 Å². The van der Waals surface area contributed by atoms with Gasteiger partial charge in [0.1, 0.15) is 6.10 Å². The first-order valence-electron chi connectivity index (χ1n) is 6.83. The minimum Gasteiger partial charge on any atom is -0.386 e. The highest BCUT2D eigenvalue weighted by Crippen LogP contribution is 2.25. The van der Waals surface area contributed by atoms with Gasteiger partial charge in [-0.3, -0.25) is 4.98 Å². The van der Waals surface area contributed by atoms with E-state index >= 15 is 0 Å². The minimum absolute atomic E-state index is 0.495. The molecule has 1 N–H and O–H groups in total. The highest BCUT2D eigenvalue weighted by molar-refractivity contribution is 7.09. The second-order valence-corrected chi connectivity index (χ2v) is 5.86. The van der Waals surface area contributed by atoms with Crippen molar-refractivity contribution in [1.29, 1.82) is 0 Å². The Balaban J connectivity index is 1.77. The van der Waals surface area contributed by atoms with Gasteiger partial charge in [0.25, 0.3) is 0 Å². The van der Waals surface area contributed by atoms with E-state index in [4.69, 9.17) is 0 Å². The zero-order valence-electron chi connectivity index (χ0n) is 11.7. The third kappa shape index (κ3) is 3.17. The summed E-state index contributed by atoms with van der Waals surface area (Å²) in [5.74, 6) is 0. The molecule has 3 aromatic rings. The number of benzene rings is 1. The van der Waals surface area contributed by atoms with Gasteiger partial charge in [-0.15, -0.1) is 11.3 Å². The molecular formula is C17H16N2OS. The monoisotopic (exact) mass is 296 g/mol. The predicted molar refractivity (Wildman–Crippen MR) is 85.2 cm³/mol. The molecule has 4 heteroatoms. The maximum absolute atomic E-state index is 10.3. The van der Waals surface area contributed by atoms with Gasteiger partial charge in [0, 0.05) is 23.6 Å². The van der Waals surface area contributed by atoms with Crippen LogP contribution < -0.4 is 0 Å². The Kier molecular flexibility index (Phi) is 4.08. The third-order valence-corrected chi connectivity index (χ3v) is 4.23. The van der Waals surface area contributed by atoms with Crippen molar-refractivity contribution in [3.05, 3.63) is 70.3 Å². The van der Waals surface area contributed by atoms with Crippen LogP contribution in [0.4, 0.5) is 0 Å². The molecule has 0 aliphatic rings. The van der Waals surface area contributed by atoms with Crippen LogP contribution in [0, 0.1) is 6.92 Å². The molecule has 0 aliphatic heterocycles. The first-order valence-corrected chi connectivity index (χ1v) is 7.71. The Hall–Kier alpha value is -2.04. The average molecular weight is 296 g/mol. The fourth-order valence-electron chi connectivity index (χ4n) is 2.25. The fourth-order valence-corrected chi connectivity index (χ4v) is 3.10. The van der Waals surface area contributed by atoms with Gasteiger partial charge in [0.2, 0.25) is 0 Å². The number of pyridine rings is 1. The van der Waals surface area contributed by atoms with Gasteiger partial charge in [-0.25, -0.2) is 4.98 Å². The molecule has 0 saturated carbocycles. The second-order valence-electron chi connectivity index (χ2n) is 4.92. The summed E-state index contributed by atoms with van der Waals surface area (Å²) in [6.07, 6.45) is 1.60. The zero-order valence-corrected chi connectivity index (χ0v) is 12.5. The van der Waals surface area contributed by atoms with Crippen molar-refractivity contribution in [2.24, 2.45) is 0 Å². The van der Waals surface area contributed by atoms with Gasteiger partial charge >= 0.3 is 0 Å². The van der Waals surface area contributed by atoms with Crippen molar-refractivity contribution in [2.45, 2.75) is 19.4 Å². The molecule has 0 aliphatic carbocycles. The molecule has 1 aromatic carbocycles. The van der Waals surface area contributed by atoms with Gasteiger partial charge in [0.05, 0.1) is 16.4 Å². The molecule has 0 radical (unpaired) electrons. The molecule has 0 fully saturated rings. The smallest absolute Gasteiger partial charge is 0.103 e. The van der Waals surface area contributed by atoms with Crippen LogP contribution in [0.15, 0.2) is 54.0 Å². The Morgan fingerprint density at radius 1 is 1.14 bits per heavy atom. The molecule has 106 valence electrons. The van der Waals surface area contributed by atoms with E-state index < -0.39 is 6.10 Å². The topological polar surface area (TPSA) is 46.0 Å². The summed E-state index contributed by atoms with van der Waals surface area (Å²) in [4.78, 5) is 8.87. The molecule has 0 amide bonds. The summed E-state index contributed by atoms with van der Waals surface area (Å²) >= 11 is 1.57. The lowest BCUT2D eigenvalue weighted by atomic mass is 10.1. The summed E-state index contributed by atoms with van der Waals surface area (Å²) in [6, 6.07) is 13.9. The number of aliphatic hydroxyl groups is 1. The number of aromatic nitrogens is 2. The molecule has 1 unspecified atom stereocenters. The third-order valence-electron chi connectivity index (χ3n) is 3.35. The minimum atomic E-state index is -0.610. The Labute approximate surface area is 128 Å². The number of hydrogen-bond donors (Lipinski definition) is 1. The molecular weight excluding hydrogens is 280 g/mol. The predicted octanol–water partition coefficient (Wildman–Crippen LogP) is 3.79. The van der Waals surface area contributed by atoms with Crippen molar-refractivity contribution in [3.63, 3.8) is 0 Å². The Morgan fingerprint density at radius 2 is 1.95 bits per heavy atom. The molecule has 0 saturated heterocycles. The molecule has 3 rings (SSSR count). The molecule has 3 nitrogen and oxygen atoms in total. The Bertz CT molecular complexity index is 724. The van der Waals surface area contributed by atoms with E-state index in [1.54, 1.807) is 17.5 Å². The van der Waals surface area contributed by atoms with E-state index in [2.05, 4.69) is 9.97 Å². The maximum atomic E-state index is 10.3. The molecule has 1 atom stereocenters. The number of aryl methyl sites for hydroxylation is 1. The van der Waals surface area contributed by atoms with Crippen molar-refractivity contribution < 1.29 is 5.11 Å². The zero-order chi connectivity index (χ0) is 14.7.